The van der Waals surface area contributed by atoms with E-state index in [4.69, 9.17) is 5.26 Å². The van der Waals surface area contributed by atoms with Gasteiger partial charge in [-0.3, -0.25) is 0 Å². The lowest BCUT2D eigenvalue weighted by atomic mass is 10.2. The van der Waals surface area contributed by atoms with Crippen molar-refractivity contribution in [2.45, 2.75) is 13.5 Å². The van der Waals surface area contributed by atoms with Gasteiger partial charge in [0.1, 0.15) is 11.9 Å². The second kappa shape index (κ2) is 4.50. The Balaban J connectivity index is 2.51. The van der Waals surface area contributed by atoms with E-state index in [2.05, 4.69) is 27.0 Å². The molecule has 1 aromatic carbocycles. The fourth-order valence-electron chi connectivity index (χ4n) is 1.54. The highest BCUT2D eigenvalue weighted by atomic mass is 79.9. The van der Waals surface area contributed by atoms with Crippen LogP contribution in [0.1, 0.15) is 12.6 Å². The number of aryl methyl sites for hydroxylation is 1. The highest BCUT2D eigenvalue weighted by Crippen LogP contribution is 2.21. The molecule has 0 fully saturated rings. The first-order valence-corrected chi connectivity index (χ1v) is 5.77. The van der Waals surface area contributed by atoms with Gasteiger partial charge in [-0.25, -0.2) is 4.98 Å². The fraction of sp³-hybridized carbons (Fsp3) is 0.167. The third-order valence-electron chi connectivity index (χ3n) is 2.33. The molecule has 0 aliphatic rings. The minimum Gasteiger partial charge on any atom is -0.330 e. The molecule has 3 nitrogen and oxygen atoms in total. The van der Waals surface area contributed by atoms with E-state index in [1.807, 2.05) is 35.8 Å². The number of nitrogens with zero attached hydrogens (tertiary/aromatic N) is 3. The normalized spacial score (nSPS) is 10.1. The highest BCUT2D eigenvalue weighted by Gasteiger charge is 2.08. The molecule has 0 N–H and O–H groups in total. The van der Waals surface area contributed by atoms with Crippen LogP contribution in [0.2, 0.25) is 0 Å². The summed E-state index contributed by atoms with van der Waals surface area (Å²) < 4.78 is 3.01. The van der Waals surface area contributed by atoms with Crippen molar-refractivity contribution in [1.29, 1.82) is 5.26 Å². The van der Waals surface area contributed by atoms with Crippen molar-refractivity contribution in [2.24, 2.45) is 0 Å². The first-order valence-electron chi connectivity index (χ1n) is 4.97. The molecule has 1 aromatic heterocycles. The third-order valence-corrected chi connectivity index (χ3v) is 2.86. The lowest BCUT2D eigenvalue weighted by molar-refractivity contribution is 0.770. The maximum Gasteiger partial charge on any atom is 0.159 e. The van der Waals surface area contributed by atoms with E-state index in [0.29, 0.717) is 5.69 Å². The van der Waals surface area contributed by atoms with Crippen LogP contribution >= 0.6 is 15.9 Å². The number of imidazole rings is 1. The molecule has 4 heteroatoms. The average molecular weight is 276 g/mol. The minimum atomic E-state index is 0.458. The number of benzene rings is 1. The van der Waals surface area contributed by atoms with Gasteiger partial charge < -0.3 is 4.57 Å². The zero-order chi connectivity index (χ0) is 11.5. The van der Waals surface area contributed by atoms with Crippen LogP contribution in [-0.4, -0.2) is 9.55 Å². The fourth-order valence-corrected chi connectivity index (χ4v) is 1.80. The SMILES string of the molecule is CCn1cc(C#N)nc1-c1ccc(Br)cc1. The number of hydrogen-bond acceptors (Lipinski definition) is 2. The van der Waals surface area contributed by atoms with Crippen molar-refractivity contribution in [3.8, 4) is 17.5 Å². The molecule has 16 heavy (non-hydrogen) atoms. The summed E-state index contributed by atoms with van der Waals surface area (Å²) >= 11 is 3.39. The predicted molar refractivity (Wildman–Crippen MR) is 65.8 cm³/mol. The Bertz CT molecular complexity index is 534. The maximum atomic E-state index is 8.83. The van der Waals surface area contributed by atoms with Crippen molar-refractivity contribution < 1.29 is 0 Å². The number of hydrogen-bond donors (Lipinski definition) is 0. The molecule has 1 heterocycles. The van der Waals surface area contributed by atoms with Gasteiger partial charge in [0.2, 0.25) is 0 Å². The molecule has 0 aliphatic heterocycles. The van der Waals surface area contributed by atoms with E-state index < -0.39 is 0 Å². The lowest BCUT2D eigenvalue weighted by Crippen LogP contribution is -1.95. The van der Waals surface area contributed by atoms with E-state index in [1.54, 1.807) is 6.20 Å². The van der Waals surface area contributed by atoms with Gasteiger partial charge in [0.25, 0.3) is 0 Å². The van der Waals surface area contributed by atoms with Gasteiger partial charge >= 0.3 is 0 Å². The Labute approximate surface area is 102 Å². The Morgan fingerprint density at radius 3 is 2.62 bits per heavy atom. The quantitative estimate of drug-likeness (QED) is 0.845. The molecule has 0 amide bonds. The summed E-state index contributed by atoms with van der Waals surface area (Å²) in [7, 11) is 0. The molecule has 0 unspecified atom stereocenters. The molecule has 0 bridgehead atoms. The summed E-state index contributed by atoms with van der Waals surface area (Å²) in [5.41, 5.74) is 1.48. The van der Waals surface area contributed by atoms with Gasteiger partial charge in [0, 0.05) is 22.8 Å². The van der Waals surface area contributed by atoms with Crippen LogP contribution in [0.5, 0.6) is 0 Å². The Morgan fingerprint density at radius 2 is 2.06 bits per heavy atom. The van der Waals surface area contributed by atoms with Gasteiger partial charge in [0.15, 0.2) is 5.69 Å². The molecule has 2 rings (SSSR count). The predicted octanol–water partition coefficient (Wildman–Crippen LogP) is 3.20. The molecule has 80 valence electrons. The first-order chi connectivity index (χ1) is 7.74. The van der Waals surface area contributed by atoms with Crippen molar-refractivity contribution >= 4 is 15.9 Å². The van der Waals surface area contributed by atoms with Crippen LogP contribution < -0.4 is 0 Å². The molecular weight excluding hydrogens is 266 g/mol. The van der Waals surface area contributed by atoms with Gasteiger partial charge in [-0.15, -0.1) is 0 Å². The number of aromatic nitrogens is 2. The lowest BCUT2D eigenvalue weighted by Gasteiger charge is -2.03. The maximum absolute atomic E-state index is 8.83. The van der Waals surface area contributed by atoms with Crippen molar-refractivity contribution in [1.82, 2.24) is 9.55 Å². The van der Waals surface area contributed by atoms with Gasteiger partial charge in [-0.2, -0.15) is 5.26 Å². The summed E-state index contributed by atoms with van der Waals surface area (Å²) in [4.78, 5) is 4.29. The van der Waals surface area contributed by atoms with E-state index in [1.165, 1.54) is 0 Å². The molecule has 0 saturated heterocycles. The van der Waals surface area contributed by atoms with Crippen molar-refractivity contribution in [3.05, 3.63) is 40.6 Å². The Kier molecular flexibility index (Phi) is 3.07. The smallest absolute Gasteiger partial charge is 0.159 e. The van der Waals surface area contributed by atoms with E-state index in [-0.39, 0.29) is 0 Å². The second-order valence-corrected chi connectivity index (χ2v) is 4.27. The summed E-state index contributed by atoms with van der Waals surface area (Å²) in [6.45, 7) is 2.84. The molecule has 2 aromatic rings. The zero-order valence-electron chi connectivity index (χ0n) is 8.81. The first kappa shape index (κ1) is 10.9. The molecule has 0 radical (unpaired) electrons. The van der Waals surface area contributed by atoms with Crippen molar-refractivity contribution in [3.63, 3.8) is 0 Å². The topological polar surface area (TPSA) is 41.6 Å². The van der Waals surface area contributed by atoms with Crippen LogP contribution in [0.3, 0.4) is 0 Å². The number of rotatable bonds is 2. The van der Waals surface area contributed by atoms with Gasteiger partial charge in [0.05, 0.1) is 0 Å². The van der Waals surface area contributed by atoms with Crippen LogP contribution in [0, 0.1) is 11.3 Å². The van der Waals surface area contributed by atoms with Gasteiger partial charge in [-0.1, -0.05) is 28.1 Å². The molecule has 0 atom stereocenters. The summed E-state index contributed by atoms with van der Waals surface area (Å²) in [5.74, 6) is 0.839. The summed E-state index contributed by atoms with van der Waals surface area (Å²) in [6.07, 6.45) is 1.78. The largest absolute Gasteiger partial charge is 0.330 e. The van der Waals surface area contributed by atoms with E-state index >= 15 is 0 Å². The standard InChI is InChI=1S/C12H10BrN3/c1-2-16-8-11(7-14)15-12(16)9-3-5-10(13)6-4-9/h3-6,8H,2H2,1H3. The van der Waals surface area contributed by atoms with E-state index in [0.717, 1.165) is 22.4 Å². The molecular formula is C12H10BrN3. The Morgan fingerprint density at radius 1 is 1.38 bits per heavy atom. The van der Waals surface area contributed by atoms with Crippen molar-refractivity contribution in [2.75, 3.05) is 0 Å². The van der Waals surface area contributed by atoms with Gasteiger partial charge in [-0.05, 0) is 19.1 Å². The molecule has 0 spiro atoms. The summed E-state index contributed by atoms with van der Waals surface area (Å²) in [5, 5.41) is 8.83. The third kappa shape index (κ3) is 2.00. The van der Waals surface area contributed by atoms with Crippen LogP contribution in [-0.2, 0) is 6.54 Å². The zero-order valence-corrected chi connectivity index (χ0v) is 10.4. The highest BCUT2D eigenvalue weighted by molar-refractivity contribution is 9.10. The second-order valence-electron chi connectivity index (χ2n) is 3.35. The van der Waals surface area contributed by atoms with Crippen LogP contribution in [0.25, 0.3) is 11.4 Å². The Hall–Kier alpha value is -1.60. The van der Waals surface area contributed by atoms with E-state index in [9.17, 15) is 0 Å². The molecule has 0 saturated carbocycles. The molecule has 0 aliphatic carbocycles. The number of halogens is 1. The average Bonchev–Trinajstić information content (AvgIpc) is 2.73. The van der Waals surface area contributed by atoms with Crippen LogP contribution in [0.15, 0.2) is 34.9 Å². The minimum absolute atomic E-state index is 0.458. The monoisotopic (exact) mass is 275 g/mol. The summed E-state index contributed by atoms with van der Waals surface area (Å²) in [6, 6.07) is 9.97. The van der Waals surface area contributed by atoms with Crippen LogP contribution in [0.4, 0.5) is 0 Å². The number of nitriles is 1.